The highest BCUT2D eigenvalue weighted by Crippen LogP contribution is 2.42. The number of aryl methyl sites for hydroxylation is 1. The average Bonchev–Trinajstić information content (AvgIpc) is 3.96. The van der Waals surface area contributed by atoms with Crippen molar-refractivity contribution >= 4 is 87.7 Å². The minimum Gasteiger partial charge on any atom is -0.452 e. The standard InChI is InChI=1S/C55H54N6O2/c1-29-48-38(46-44(62-48)27-56-50(58-46)60-40-18-14-30(52(2,3)4)22-34(40)35-23-31(53(5,6)7)15-19-41(35)60)26-39-47-45(63-49(29)39)28-57-51(59-47)61-42-20-16-32(54(8,9)10)24-36(42)37-25-33(55(11,12)13)17-21-43(37)61/h14-28H,1-13H3. The Hall–Kier alpha value is -6.54. The summed E-state index contributed by atoms with van der Waals surface area (Å²) in [7, 11) is 0. The number of rotatable bonds is 2. The van der Waals surface area contributed by atoms with Crippen molar-refractivity contribution in [2.75, 3.05) is 0 Å². The highest BCUT2D eigenvalue weighted by Gasteiger charge is 2.26. The van der Waals surface area contributed by atoms with Crippen LogP contribution in [0.2, 0.25) is 0 Å². The van der Waals surface area contributed by atoms with E-state index in [9.17, 15) is 0 Å². The summed E-state index contributed by atoms with van der Waals surface area (Å²) in [5.74, 6) is 1.18. The number of hydrogen-bond donors (Lipinski definition) is 0. The van der Waals surface area contributed by atoms with Crippen molar-refractivity contribution in [3.8, 4) is 11.9 Å². The maximum Gasteiger partial charge on any atom is 0.235 e. The topological polar surface area (TPSA) is 87.7 Å². The van der Waals surface area contributed by atoms with E-state index in [1.165, 1.54) is 43.8 Å². The van der Waals surface area contributed by atoms with E-state index >= 15 is 0 Å². The fourth-order valence-corrected chi connectivity index (χ4v) is 9.43. The first-order valence-electron chi connectivity index (χ1n) is 22.1. The molecule has 0 N–H and O–H groups in total. The van der Waals surface area contributed by atoms with Crippen LogP contribution >= 0.6 is 0 Å². The quantitative estimate of drug-likeness (QED) is 0.172. The van der Waals surface area contributed by atoms with Crippen LogP contribution in [0, 0.1) is 6.92 Å². The second-order valence-corrected chi connectivity index (χ2v) is 21.8. The minimum atomic E-state index is -0.00271. The predicted octanol–water partition coefficient (Wildman–Crippen LogP) is 14.8. The van der Waals surface area contributed by atoms with Crippen molar-refractivity contribution in [2.45, 2.75) is 112 Å². The first kappa shape index (κ1) is 39.3. The molecule has 5 aromatic carbocycles. The maximum absolute atomic E-state index is 6.55. The van der Waals surface area contributed by atoms with E-state index in [1.54, 1.807) is 12.4 Å². The molecule has 63 heavy (non-hydrogen) atoms. The van der Waals surface area contributed by atoms with Gasteiger partial charge in [0.05, 0.1) is 34.5 Å². The summed E-state index contributed by atoms with van der Waals surface area (Å²) in [6, 6.07) is 29.3. The van der Waals surface area contributed by atoms with Crippen LogP contribution in [0.4, 0.5) is 0 Å². The molecule has 8 nitrogen and oxygen atoms in total. The second kappa shape index (κ2) is 12.8. The molecule has 6 aromatic heterocycles. The second-order valence-electron chi connectivity index (χ2n) is 21.8. The van der Waals surface area contributed by atoms with Gasteiger partial charge in [-0.15, -0.1) is 0 Å². The summed E-state index contributed by atoms with van der Waals surface area (Å²) in [6.07, 6.45) is 3.61. The third-order valence-electron chi connectivity index (χ3n) is 13.3. The zero-order valence-electron chi connectivity index (χ0n) is 38.7. The molecule has 0 saturated heterocycles. The van der Waals surface area contributed by atoms with Crippen molar-refractivity contribution in [3.05, 3.63) is 119 Å². The minimum absolute atomic E-state index is 0.00271. The number of hydrogen-bond acceptors (Lipinski definition) is 6. The zero-order valence-corrected chi connectivity index (χ0v) is 38.7. The highest BCUT2D eigenvalue weighted by atomic mass is 16.3. The van der Waals surface area contributed by atoms with Crippen molar-refractivity contribution in [3.63, 3.8) is 0 Å². The molecule has 0 aliphatic rings. The van der Waals surface area contributed by atoms with E-state index in [0.29, 0.717) is 23.1 Å². The van der Waals surface area contributed by atoms with Gasteiger partial charge in [-0.3, -0.25) is 9.13 Å². The molecule has 0 spiro atoms. The molecule has 0 aliphatic carbocycles. The number of fused-ring (bicyclic) bond motifs is 12. The van der Waals surface area contributed by atoms with E-state index in [0.717, 1.165) is 60.6 Å². The Morgan fingerprint density at radius 3 is 0.984 bits per heavy atom. The van der Waals surface area contributed by atoms with Gasteiger partial charge >= 0.3 is 0 Å². The van der Waals surface area contributed by atoms with Gasteiger partial charge < -0.3 is 8.83 Å². The van der Waals surface area contributed by atoms with Crippen LogP contribution < -0.4 is 0 Å². The van der Waals surface area contributed by atoms with Crippen molar-refractivity contribution < 1.29 is 8.83 Å². The van der Waals surface area contributed by atoms with Crippen LogP contribution in [0.25, 0.3) is 99.6 Å². The SMILES string of the molecule is Cc1c2oc3cnc(-n4c5ccc(C(C)(C)C)cc5c5cc(C(C)(C)C)ccc54)nc3c2cc2c1oc1cnc(-n3c4ccc(C(C)(C)C)cc4c4cc(C(C)(C)C)ccc43)nc12. The monoisotopic (exact) mass is 830 g/mol. The van der Waals surface area contributed by atoms with Gasteiger partial charge in [0.25, 0.3) is 0 Å². The molecule has 0 radical (unpaired) electrons. The van der Waals surface area contributed by atoms with Crippen LogP contribution in [-0.2, 0) is 21.7 Å². The lowest BCUT2D eigenvalue weighted by Gasteiger charge is -2.19. The van der Waals surface area contributed by atoms with E-state index in [-0.39, 0.29) is 21.7 Å². The van der Waals surface area contributed by atoms with Gasteiger partial charge in [-0.1, -0.05) is 107 Å². The molecule has 0 saturated carbocycles. The molecule has 8 heteroatoms. The number of furan rings is 2. The molecule has 316 valence electrons. The normalized spacial score (nSPS) is 13.5. The van der Waals surface area contributed by atoms with Crippen LogP contribution in [0.3, 0.4) is 0 Å². The maximum atomic E-state index is 6.55. The number of nitrogens with zero attached hydrogens (tertiary/aromatic N) is 6. The molecule has 11 rings (SSSR count). The Kier molecular flexibility index (Phi) is 7.97. The van der Waals surface area contributed by atoms with E-state index in [2.05, 4.69) is 171 Å². The van der Waals surface area contributed by atoms with Gasteiger partial charge in [0.15, 0.2) is 11.2 Å². The van der Waals surface area contributed by atoms with Crippen LogP contribution in [0.15, 0.2) is 100 Å². The predicted molar refractivity (Wildman–Crippen MR) is 260 cm³/mol. The number of benzene rings is 5. The third-order valence-corrected chi connectivity index (χ3v) is 13.3. The first-order valence-corrected chi connectivity index (χ1v) is 22.1. The average molecular weight is 831 g/mol. The Morgan fingerprint density at radius 2 is 0.698 bits per heavy atom. The van der Waals surface area contributed by atoms with Gasteiger partial charge in [-0.2, -0.15) is 0 Å². The molecule has 6 heterocycles. The molecule has 0 bridgehead atoms. The zero-order chi connectivity index (χ0) is 44.3. The lowest BCUT2D eigenvalue weighted by molar-refractivity contribution is 0.590. The van der Waals surface area contributed by atoms with Crippen molar-refractivity contribution in [2.24, 2.45) is 0 Å². The van der Waals surface area contributed by atoms with E-state index < -0.39 is 0 Å². The molecule has 0 aliphatic heterocycles. The Morgan fingerprint density at radius 1 is 0.397 bits per heavy atom. The van der Waals surface area contributed by atoms with E-state index in [4.69, 9.17) is 28.8 Å². The van der Waals surface area contributed by atoms with Gasteiger partial charge in [0.1, 0.15) is 22.2 Å². The molecule has 0 fully saturated rings. The molecule has 0 unspecified atom stereocenters. The van der Waals surface area contributed by atoms with Gasteiger partial charge in [0, 0.05) is 37.9 Å². The largest absolute Gasteiger partial charge is 0.452 e. The van der Waals surface area contributed by atoms with Gasteiger partial charge in [-0.05, 0) is 105 Å². The Balaban J connectivity index is 1.12. The summed E-state index contributed by atoms with van der Waals surface area (Å²) in [6.45, 7) is 29.2. The van der Waals surface area contributed by atoms with Crippen molar-refractivity contribution in [1.82, 2.24) is 29.1 Å². The molecule has 0 atom stereocenters. The molecule has 0 amide bonds. The van der Waals surface area contributed by atoms with Crippen LogP contribution in [0.1, 0.15) is 111 Å². The Bertz CT molecular complexity index is 3350. The van der Waals surface area contributed by atoms with Crippen LogP contribution in [0.5, 0.6) is 0 Å². The Labute approximate surface area is 367 Å². The molecular formula is C55H54N6O2. The fourth-order valence-electron chi connectivity index (χ4n) is 9.43. The van der Waals surface area contributed by atoms with Crippen LogP contribution in [-0.4, -0.2) is 29.1 Å². The summed E-state index contributed by atoms with van der Waals surface area (Å²) in [5, 5.41) is 6.52. The highest BCUT2D eigenvalue weighted by molar-refractivity contribution is 6.16. The summed E-state index contributed by atoms with van der Waals surface area (Å²) in [4.78, 5) is 20.6. The summed E-state index contributed by atoms with van der Waals surface area (Å²) in [5.41, 5.74) is 14.4. The van der Waals surface area contributed by atoms with Gasteiger partial charge in [0.2, 0.25) is 11.9 Å². The lowest BCUT2D eigenvalue weighted by Crippen LogP contribution is -2.10. The summed E-state index contributed by atoms with van der Waals surface area (Å²) >= 11 is 0. The molecular weight excluding hydrogens is 777 g/mol. The number of aromatic nitrogens is 6. The van der Waals surface area contributed by atoms with E-state index in [1.807, 2.05) is 6.92 Å². The fraction of sp³-hybridized carbons (Fsp3) is 0.309. The lowest BCUT2D eigenvalue weighted by atomic mass is 9.85. The summed E-state index contributed by atoms with van der Waals surface area (Å²) < 4.78 is 17.5. The third kappa shape index (κ3) is 5.93. The van der Waals surface area contributed by atoms with Crippen molar-refractivity contribution in [1.29, 1.82) is 0 Å². The first-order chi connectivity index (χ1) is 29.6. The van der Waals surface area contributed by atoms with Gasteiger partial charge in [-0.25, -0.2) is 19.9 Å². The molecule has 11 aromatic rings. The smallest absolute Gasteiger partial charge is 0.235 e.